The highest BCUT2D eigenvalue weighted by molar-refractivity contribution is 14.1. The van der Waals surface area contributed by atoms with E-state index in [-0.39, 0.29) is 5.91 Å². The van der Waals surface area contributed by atoms with E-state index < -0.39 is 0 Å². The molecule has 1 aliphatic heterocycles. The second-order valence-corrected chi connectivity index (χ2v) is 7.13. The van der Waals surface area contributed by atoms with Gasteiger partial charge in [0.2, 0.25) is 0 Å². The Kier molecular flexibility index (Phi) is 4.82. The number of benzene rings is 1. The van der Waals surface area contributed by atoms with Gasteiger partial charge in [-0.1, -0.05) is 23.2 Å². The number of nitrogens with one attached hydrogen (secondary N) is 1. The highest BCUT2D eigenvalue weighted by atomic mass is 127. The molecule has 0 bridgehead atoms. The van der Waals surface area contributed by atoms with E-state index in [0.29, 0.717) is 31.6 Å². The quantitative estimate of drug-likeness (QED) is 0.497. The minimum Gasteiger partial charge on any atom is -0.451 e. The van der Waals surface area contributed by atoms with Crippen molar-refractivity contribution in [1.29, 1.82) is 0 Å². The molecule has 0 unspecified atom stereocenters. The third kappa shape index (κ3) is 3.68. The zero-order valence-corrected chi connectivity index (χ0v) is 15.3. The number of thioether (sulfide) groups is 1. The summed E-state index contributed by atoms with van der Waals surface area (Å²) in [4.78, 5) is 16.8. The van der Waals surface area contributed by atoms with E-state index in [1.54, 1.807) is 30.3 Å². The summed E-state index contributed by atoms with van der Waals surface area (Å²) < 4.78 is 6.18. The zero-order valence-electron chi connectivity index (χ0n) is 10.8. The summed E-state index contributed by atoms with van der Waals surface area (Å²) in [5, 5.41) is 4.06. The van der Waals surface area contributed by atoms with E-state index in [4.69, 9.17) is 27.6 Å². The molecule has 1 aromatic heterocycles. The standard InChI is InChI=1S/C14H7Cl2IN2O2S/c15-9-3-1-7(5-10(9)16)18-14-19-13(20)11(22-14)6-8-2-4-12(17)21-8/h1-6H,(H,18,19,20)/b11-6-. The monoisotopic (exact) mass is 464 g/mol. The molecule has 4 nitrogen and oxygen atoms in total. The van der Waals surface area contributed by atoms with Crippen molar-refractivity contribution >= 4 is 80.4 Å². The molecule has 3 rings (SSSR count). The molecule has 0 spiro atoms. The van der Waals surface area contributed by atoms with E-state index in [1.165, 1.54) is 11.8 Å². The number of amidine groups is 1. The third-order valence-electron chi connectivity index (χ3n) is 2.65. The number of hydrogen-bond donors (Lipinski definition) is 1. The summed E-state index contributed by atoms with van der Waals surface area (Å²) >= 11 is 15.1. The fourth-order valence-electron chi connectivity index (χ4n) is 1.69. The number of furan rings is 1. The van der Waals surface area contributed by atoms with Gasteiger partial charge in [0.25, 0.3) is 5.91 Å². The van der Waals surface area contributed by atoms with Crippen molar-refractivity contribution in [2.45, 2.75) is 0 Å². The van der Waals surface area contributed by atoms with E-state index >= 15 is 0 Å². The van der Waals surface area contributed by atoms with Gasteiger partial charge in [-0.15, -0.1) is 0 Å². The number of amides is 1. The zero-order chi connectivity index (χ0) is 15.7. The number of halogens is 3. The van der Waals surface area contributed by atoms with Crippen LogP contribution in [0.1, 0.15) is 5.76 Å². The van der Waals surface area contributed by atoms with E-state index in [9.17, 15) is 4.79 Å². The topological polar surface area (TPSA) is 54.6 Å². The molecule has 112 valence electrons. The first kappa shape index (κ1) is 15.9. The molecule has 1 amide bonds. The van der Waals surface area contributed by atoms with Gasteiger partial charge in [-0.2, -0.15) is 0 Å². The number of hydrogen-bond acceptors (Lipinski definition) is 4. The van der Waals surface area contributed by atoms with Crippen molar-refractivity contribution < 1.29 is 9.21 Å². The van der Waals surface area contributed by atoms with E-state index in [0.717, 1.165) is 3.77 Å². The van der Waals surface area contributed by atoms with Crippen LogP contribution in [-0.4, -0.2) is 11.1 Å². The Bertz CT molecular complexity index is 817. The second kappa shape index (κ2) is 6.66. The van der Waals surface area contributed by atoms with Gasteiger partial charge in [0.1, 0.15) is 5.76 Å². The minimum absolute atomic E-state index is 0.213. The number of aliphatic imine (C=N–C) groups is 1. The number of rotatable bonds is 2. The van der Waals surface area contributed by atoms with Crippen LogP contribution in [0.15, 0.2) is 44.6 Å². The van der Waals surface area contributed by atoms with Crippen LogP contribution in [0.25, 0.3) is 6.08 Å². The lowest BCUT2D eigenvalue weighted by molar-refractivity contribution is -0.115. The number of carbonyl (C=O) groups excluding carboxylic acids is 1. The molecule has 0 atom stereocenters. The maximum Gasteiger partial charge on any atom is 0.264 e. The van der Waals surface area contributed by atoms with Crippen molar-refractivity contribution in [2.75, 3.05) is 0 Å². The van der Waals surface area contributed by atoms with Gasteiger partial charge < -0.3 is 9.73 Å². The van der Waals surface area contributed by atoms with Gasteiger partial charge in [-0.3, -0.25) is 4.79 Å². The predicted octanol–water partition coefficient (Wildman–Crippen LogP) is 5.08. The molecule has 8 heteroatoms. The molecule has 0 saturated carbocycles. The van der Waals surface area contributed by atoms with Crippen LogP contribution in [0.5, 0.6) is 0 Å². The average Bonchev–Trinajstić information content (AvgIpc) is 3.01. The lowest BCUT2D eigenvalue weighted by Crippen LogP contribution is -2.19. The van der Waals surface area contributed by atoms with Crippen LogP contribution in [0.3, 0.4) is 0 Å². The maximum absolute atomic E-state index is 11.9. The van der Waals surface area contributed by atoms with Crippen molar-refractivity contribution in [3.05, 3.63) is 54.8 Å². The largest absolute Gasteiger partial charge is 0.451 e. The molecule has 1 N–H and O–H groups in total. The Morgan fingerprint density at radius 2 is 2.05 bits per heavy atom. The number of carbonyl (C=O) groups is 1. The van der Waals surface area contributed by atoms with Crippen molar-refractivity contribution in [1.82, 2.24) is 5.32 Å². The van der Waals surface area contributed by atoms with Crippen LogP contribution < -0.4 is 5.32 Å². The Balaban J connectivity index is 1.83. The average molecular weight is 465 g/mol. The van der Waals surface area contributed by atoms with Crippen LogP contribution in [0.4, 0.5) is 5.69 Å². The first-order valence-corrected chi connectivity index (χ1v) is 8.66. The molecule has 0 radical (unpaired) electrons. The molecular formula is C14H7Cl2IN2O2S. The molecule has 0 aliphatic carbocycles. The first-order valence-electron chi connectivity index (χ1n) is 6.01. The maximum atomic E-state index is 11.9. The van der Waals surface area contributed by atoms with Crippen LogP contribution in [0.2, 0.25) is 10.0 Å². The third-order valence-corrected chi connectivity index (χ3v) is 4.88. The van der Waals surface area contributed by atoms with Crippen molar-refractivity contribution in [3.63, 3.8) is 0 Å². The highest BCUT2D eigenvalue weighted by Gasteiger charge is 2.24. The summed E-state index contributed by atoms with van der Waals surface area (Å²) in [5.74, 6) is 0.410. The Labute approximate surface area is 154 Å². The van der Waals surface area contributed by atoms with Crippen LogP contribution >= 0.6 is 57.6 Å². The summed E-state index contributed by atoms with van der Waals surface area (Å²) in [6.45, 7) is 0. The van der Waals surface area contributed by atoms with E-state index in [1.807, 2.05) is 6.07 Å². The minimum atomic E-state index is -0.213. The van der Waals surface area contributed by atoms with Crippen LogP contribution in [0, 0.1) is 3.77 Å². The van der Waals surface area contributed by atoms with Gasteiger partial charge in [0.05, 0.1) is 20.6 Å². The van der Waals surface area contributed by atoms with Gasteiger partial charge in [-0.05, 0) is 64.7 Å². The van der Waals surface area contributed by atoms with Gasteiger partial charge in [0.15, 0.2) is 8.93 Å². The highest BCUT2D eigenvalue weighted by Crippen LogP contribution is 2.31. The predicted molar refractivity (Wildman–Crippen MR) is 98.7 cm³/mol. The molecular weight excluding hydrogens is 458 g/mol. The van der Waals surface area contributed by atoms with Crippen LogP contribution in [-0.2, 0) is 4.79 Å². The molecule has 1 aliphatic rings. The lowest BCUT2D eigenvalue weighted by Gasteiger charge is -1.98. The summed E-state index contributed by atoms with van der Waals surface area (Å²) in [6.07, 6.45) is 1.68. The molecule has 2 aromatic rings. The fraction of sp³-hybridized carbons (Fsp3) is 0. The fourth-order valence-corrected chi connectivity index (χ4v) is 3.24. The van der Waals surface area contributed by atoms with Crippen molar-refractivity contribution in [2.24, 2.45) is 4.99 Å². The van der Waals surface area contributed by atoms with Crippen molar-refractivity contribution in [3.8, 4) is 0 Å². The normalized spacial score (nSPS) is 18.2. The summed E-state index contributed by atoms with van der Waals surface area (Å²) in [7, 11) is 0. The summed E-state index contributed by atoms with van der Waals surface area (Å²) in [6, 6.07) is 8.66. The lowest BCUT2D eigenvalue weighted by atomic mass is 10.3. The molecule has 1 saturated heterocycles. The second-order valence-electron chi connectivity index (χ2n) is 4.22. The van der Waals surface area contributed by atoms with Gasteiger partial charge >= 0.3 is 0 Å². The van der Waals surface area contributed by atoms with Gasteiger partial charge in [0, 0.05) is 6.08 Å². The van der Waals surface area contributed by atoms with Gasteiger partial charge in [-0.25, -0.2) is 4.99 Å². The number of nitrogens with zero attached hydrogens (tertiary/aromatic N) is 1. The Morgan fingerprint density at radius 3 is 2.73 bits per heavy atom. The molecule has 2 heterocycles. The molecule has 1 aromatic carbocycles. The SMILES string of the molecule is O=C1NC(=Nc2ccc(Cl)c(Cl)c2)S/C1=C\c1ccc(I)o1. The Hall–Kier alpha value is -0.960. The van der Waals surface area contributed by atoms with E-state index in [2.05, 4.69) is 32.9 Å². The molecule has 22 heavy (non-hydrogen) atoms. The molecule has 1 fully saturated rings. The Morgan fingerprint density at radius 1 is 1.23 bits per heavy atom. The first-order chi connectivity index (χ1) is 10.5. The smallest absolute Gasteiger partial charge is 0.264 e. The summed E-state index contributed by atoms with van der Waals surface area (Å²) in [5.41, 5.74) is 0.617.